The summed E-state index contributed by atoms with van der Waals surface area (Å²) in [4.78, 5) is 21.3. The highest BCUT2D eigenvalue weighted by Crippen LogP contribution is 2.33. The quantitative estimate of drug-likeness (QED) is 0.440. The van der Waals surface area contributed by atoms with Crippen LogP contribution in [0.15, 0.2) is 66.9 Å². The van der Waals surface area contributed by atoms with E-state index in [1.54, 1.807) is 13.3 Å². The molecule has 32 heavy (non-hydrogen) atoms. The lowest BCUT2D eigenvalue weighted by Crippen LogP contribution is -2.14. The van der Waals surface area contributed by atoms with Crippen molar-refractivity contribution in [3.63, 3.8) is 0 Å². The summed E-state index contributed by atoms with van der Waals surface area (Å²) in [6, 6.07) is 19.7. The van der Waals surface area contributed by atoms with Gasteiger partial charge in [0.1, 0.15) is 17.4 Å². The predicted molar refractivity (Wildman–Crippen MR) is 124 cm³/mol. The normalized spacial score (nSPS) is 10.9. The Bertz CT molecular complexity index is 1220. The minimum Gasteiger partial charge on any atom is -0.496 e. The highest BCUT2D eigenvalue weighted by Gasteiger charge is 2.15. The Labute approximate surface area is 186 Å². The fourth-order valence-corrected chi connectivity index (χ4v) is 3.41. The number of hydrogen-bond acceptors (Lipinski definition) is 5. The van der Waals surface area contributed by atoms with E-state index in [1.165, 1.54) is 5.56 Å². The number of anilines is 1. The van der Waals surface area contributed by atoms with Gasteiger partial charge in [-0.05, 0) is 46.9 Å². The van der Waals surface area contributed by atoms with Gasteiger partial charge in [-0.3, -0.25) is 9.89 Å². The van der Waals surface area contributed by atoms with E-state index in [9.17, 15) is 4.79 Å². The number of carbonyl (C=O) groups excluding carboxylic acids is 1. The smallest absolute Gasteiger partial charge is 0.296 e. The molecule has 0 aliphatic rings. The van der Waals surface area contributed by atoms with Crippen LogP contribution in [0.2, 0.25) is 0 Å². The lowest BCUT2D eigenvalue weighted by molar-refractivity contribution is 0.101. The minimum atomic E-state index is -0.423. The fourth-order valence-electron chi connectivity index (χ4n) is 3.41. The molecule has 0 unspecified atom stereocenters. The van der Waals surface area contributed by atoms with Crippen molar-refractivity contribution in [2.45, 2.75) is 26.2 Å². The second-order valence-corrected chi connectivity index (χ2v) is 7.77. The van der Waals surface area contributed by atoms with Gasteiger partial charge in [0.25, 0.3) is 5.91 Å². The molecule has 2 aromatic carbocycles. The zero-order valence-corrected chi connectivity index (χ0v) is 18.3. The Morgan fingerprint density at radius 2 is 1.91 bits per heavy atom. The number of nitrogens with one attached hydrogen (secondary N) is 2. The third kappa shape index (κ3) is 4.83. The van der Waals surface area contributed by atoms with Crippen molar-refractivity contribution < 1.29 is 9.53 Å². The predicted octanol–water partition coefficient (Wildman–Crippen LogP) is 4.84. The molecule has 0 saturated carbocycles. The Morgan fingerprint density at radius 1 is 1.09 bits per heavy atom. The summed E-state index contributed by atoms with van der Waals surface area (Å²) in [6.07, 6.45) is 2.23. The molecule has 4 rings (SSSR count). The minimum absolute atomic E-state index is 0.0718. The van der Waals surface area contributed by atoms with Crippen molar-refractivity contribution in [1.29, 1.82) is 0 Å². The molecular weight excluding hydrogens is 402 g/mol. The van der Waals surface area contributed by atoms with Crippen molar-refractivity contribution in [2.75, 3.05) is 12.4 Å². The number of benzene rings is 2. The average molecular weight is 428 g/mol. The molecule has 4 aromatic rings. The lowest BCUT2D eigenvalue weighted by atomic mass is 9.97. The van der Waals surface area contributed by atoms with E-state index in [2.05, 4.69) is 51.5 Å². The van der Waals surface area contributed by atoms with Gasteiger partial charge in [0.05, 0.1) is 7.11 Å². The fraction of sp³-hybridized carbons (Fsp3) is 0.200. The molecule has 7 heteroatoms. The van der Waals surface area contributed by atoms with E-state index in [4.69, 9.17) is 4.74 Å². The average Bonchev–Trinajstić information content (AvgIpc) is 3.28. The summed E-state index contributed by atoms with van der Waals surface area (Å²) < 4.78 is 5.54. The monoisotopic (exact) mass is 427 g/mol. The number of rotatable bonds is 7. The molecule has 0 bridgehead atoms. The topological polar surface area (TPSA) is 92.8 Å². The van der Waals surface area contributed by atoms with Gasteiger partial charge in [-0.25, -0.2) is 9.97 Å². The third-order valence-corrected chi connectivity index (χ3v) is 5.15. The zero-order chi connectivity index (χ0) is 22.5. The summed E-state index contributed by atoms with van der Waals surface area (Å²) in [5.74, 6) is 1.83. The van der Waals surface area contributed by atoms with Crippen LogP contribution in [0.1, 0.15) is 47.3 Å². The molecule has 1 amide bonds. The highest BCUT2D eigenvalue weighted by molar-refractivity contribution is 6.01. The van der Waals surface area contributed by atoms with Crippen LogP contribution in [0.5, 0.6) is 5.75 Å². The van der Waals surface area contributed by atoms with Crippen LogP contribution < -0.4 is 10.1 Å². The number of ether oxygens (including phenoxy) is 1. The van der Waals surface area contributed by atoms with Crippen LogP contribution in [-0.2, 0) is 6.42 Å². The first-order valence-corrected chi connectivity index (χ1v) is 10.4. The number of aromatic amines is 1. The summed E-state index contributed by atoms with van der Waals surface area (Å²) >= 11 is 0. The van der Waals surface area contributed by atoms with E-state index in [0.29, 0.717) is 24.0 Å². The second-order valence-electron chi connectivity index (χ2n) is 7.77. The third-order valence-electron chi connectivity index (χ3n) is 5.15. The number of methoxy groups -OCH3 is 1. The molecule has 7 nitrogen and oxygen atoms in total. The number of carbonyl (C=O) groups is 1. The molecule has 162 valence electrons. The highest BCUT2D eigenvalue weighted by atomic mass is 16.5. The maximum absolute atomic E-state index is 12.7. The molecular formula is C25H25N5O2. The number of nitrogens with zero attached hydrogens (tertiary/aromatic N) is 3. The second kappa shape index (κ2) is 9.43. The van der Waals surface area contributed by atoms with Crippen LogP contribution in [-0.4, -0.2) is 33.2 Å². The van der Waals surface area contributed by atoms with E-state index in [0.717, 1.165) is 22.4 Å². The van der Waals surface area contributed by atoms with Crippen molar-refractivity contribution in [1.82, 2.24) is 20.2 Å². The van der Waals surface area contributed by atoms with Gasteiger partial charge < -0.3 is 10.1 Å². The summed E-state index contributed by atoms with van der Waals surface area (Å²) in [6.45, 7) is 4.29. The first-order chi connectivity index (χ1) is 15.5. The summed E-state index contributed by atoms with van der Waals surface area (Å²) in [5, 5.41) is 9.67. The number of hydrogen-bond donors (Lipinski definition) is 2. The van der Waals surface area contributed by atoms with Gasteiger partial charge in [-0.15, -0.1) is 5.10 Å². The van der Waals surface area contributed by atoms with Gasteiger partial charge in [-0.1, -0.05) is 50.2 Å². The van der Waals surface area contributed by atoms with E-state index >= 15 is 0 Å². The largest absolute Gasteiger partial charge is 0.496 e. The molecule has 0 radical (unpaired) electrons. The molecule has 0 aliphatic heterocycles. The van der Waals surface area contributed by atoms with Crippen LogP contribution >= 0.6 is 0 Å². The molecule has 2 heterocycles. The first-order valence-electron chi connectivity index (χ1n) is 10.4. The Balaban J connectivity index is 1.52. The van der Waals surface area contributed by atoms with Gasteiger partial charge in [0.2, 0.25) is 5.82 Å². The SMILES string of the molecule is COc1ccc(C(C)C)cc1-c1ccnc(NC(=O)c2n[nH]c(Cc3ccccc3)n2)c1. The van der Waals surface area contributed by atoms with Crippen molar-refractivity contribution >= 4 is 11.7 Å². The van der Waals surface area contributed by atoms with Crippen LogP contribution in [0.25, 0.3) is 11.1 Å². The molecule has 0 saturated heterocycles. The Kier molecular flexibility index (Phi) is 6.26. The summed E-state index contributed by atoms with van der Waals surface area (Å²) in [7, 11) is 1.65. The number of aromatic nitrogens is 4. The Hall–Kier alpha value is -4.00. The first kappa shape index (κ1) is 21.2. The maximum atomic E-state index is 12.7. The number of pyridine rings is 1. The van der Waals surface area contributed by atoms with Gasteiger partial charge in [0.15, 0.2) is 0 Å². The Morgan fingerprint density at radius 3 is 2.66 bits per heavy atom. The molecule has 0 atom stereocenters. The van der Waals surface area contributed by atoms with Crippen LogP contribution in [0.3, 0.4) is 0 Å². The zero-order valence-electron chi connectivity index (χ0n) is 18.3. The van der Waals surface area contributed by atoms with Crippen molar-refractivity contribution in [3.8, 4) is 16.9 Å². The van der Waals surface area contributed by atoms with Gasteiger partial charge in [0, 0.05) is 18.2 Å². The van der Waals surface area contributed by atoms with Crippen molar-refractivity contribution in [3.05, 3.63) is 89.6 Å². The number of amides is 1. The lowest BCUT2D eigenvalue weighted by Gasteiger charge is -2.13. The van der Waals surface area contributed by atoms with E-state index in [1.807, 2.05) is 48.5 Å². The maximum Gasteiger partial charge on any atom is 0.296 e. The van der Waals surface area contributed by atoms with Crippen LogP contribution in [0.4, 0.5) is 5.82 Å². The molecule has 2 aromatic heterocycles. The molecule has 0 fully saturated rings. The number of H-pyrrole nitrogens is 1. The van der Waals surface area contributed by atoms with E-state index in [-0.39, 0.29) is 5.82 Å². The van der Waals surface area contributed by atoms with Gasteiger partial charge in [-0.2, -0.15) is 0 Å². The molecule has 0 aliphatic carbocycles. The summed E-state index contributed by atoms with van der Waals surface area (Å²) in [5.41, 5.74) is 4.13. The van der Waals surface area contributed by atoms with E-state index < -0.39 is 5.91 Å². The molecule has 2 N–H and O–H groups in total. The van der Waals surface area contributed by atoms with Crippen LogP contribution in [0, 0.1) is 0 Å². The molecule has 0 spiro atoms. The van der Waals surface area contributed by atoms with Crippen molar-refractivity contribution in [2.24, 2.45) is 0 Å². The standard InChI is InChI=1S/C25H25N5O2/c1-16(2)18-9-10-21(32-3)20(14-18)19-11-12-26-22(15-19)28-25(31)24-27-23(29-30-24)13-17-7-5-4-6-8-17/h4-12,14-16H,13H2,1-3H3,(H,26,28,31)(H,27,29,30). The van der Waals surface area contributed by atoms with Gasteiger partial charge >= 0.3 is 0 Å².